The van der Waals surface area contributed by atoms with Gasteiger partial charge >= 0.3 is 0 Å². The topological polar surface area (TPSA) is 77.2 Å². The summed E-state index contributed by atoms with van der Waals surface area (Å²) in [5, 5.41) is 3.26. The van der Waals surface area contributed by atoms with Gasteiger partial charge in [0.25, 0.3) is 5.91 Å². The van der Waals surface area contributed by atoms with Crippen molar-refractivity contribution in [3.05, 3.63) is 46.7 Å². The lowest BCUT2D eigenvalue weighted by molar-refractivity contribution is -0.126. The van der Waals surface area contributed by atoms with Crippen molar-refractivity contribution >= 4 is 22.4 Å². The fourth-order valence-corrected chi connectivity index (χ4v) is 3.37. The number of halogens is 1. The number of aromatic nitrogens is 1. The van der Waals surface area contributed by atoms with Gasteiger partial charge in [0.05, 0.1) is 6.10 Å². The zero-order chi connectivity index (χ0) is 16.2. The molecule has 1 aliphatic heterocycles. The van der Waals surface area contributed by atoms with E-state index in [1.165, 1.54) is 17.4 Å². The summed E-state index contributed by atoms with van der Waals surface area (Å²) >= 11 is 1.34. The summed E-state index contributed by atoms with van der Waals surface area (Å²) < 4.78 is 19.2. The maximum Gasteiger partial charge on any atom is 0.255 e. The average molecular weight is 335 g/mol. The summed E-state index contributed by atoms with van der Waals surface area (Å²) in [6.45, 7) is 0.424. The molecular formula is C16H18FN3O2S. The Bertz CT molecular complexity index is 691. The molecule has 3 rings (SSSR count). The fraction of sp³-hybridized carbons (Fsp3) is 0.375. The van der Waals surface area contributed by atoms with Gasteiger partial charge in [0.15, 0.2) is 5.13 Å². The normalized spacial score (nSPS) is 20.6. The molecule has 3 N–H and O–H groups in total. The Hall–Kier alpha value is -1.83. The first kappa shape index (κ1) is 16.0. The minimum Gasteiger partial charge on any atom is -0.364 e. The molecule has 23 heavy (non-hydrogen) atoms. The molecule has 1 fully saturated rings. The summed E-state index contributed by atoms with van der Waals surface area (Å²) in [5.41, 5.74) is 6.15. The SMILES string of the molecule is NC[C@H]1CC[C@@H](C(=O)Nc2ncc(Cc3ccccc3F)s2)O1. The highest BCUT2D eigenvalue weighted by Crippen LogP contribution is 2.24. The minimum atomic E-state index is -0.470. The van der Waals surface area contributed by atoms with Crippen LogP contribution in [0.5, 0.6) is 0 Å². The number of ether oxygens (including phenoxy) is 1. The molecule has 7 heteroatoms. The van der Waals surface area contributed by atoms with E-state index in [4.69, 9.17) is 10.5 Å². The average Bonchev–Trinajstić information content (AvgIpc) is 3.19. The third-order valence-corrected chi connectivity index (χ3v) is 4.68. The first-order valence-corrected chi connectivity index (χ1v) is 8.32. The van der Waals surface area contributed by atoms with Crippen LogP contribution < -0.4 is 11.1 Å². The summed E-state index contributed by atoms with van der Waals surface area (Å²) in [6, 6.07) is 6.64. The molecule has 1 amide bonds. The van der Waals surface area contributed by atoms with Crippen LogP contribution in [0.25, 0.3) is 0 Å². The second-order valence-corrected chi connectivity index (χ2v) is 6.56. The summed E-state index contributed by atoms with van der Waals surface area (Å²) in [6.07, 6.45) is 3.06. The van der Waals surface area contributed by atoms with E-state index < -0.39 is 6.10 Å². The van der Waals surface area contributed by atoms with Gasteiger partial charge in [-0.15, -0.1) is 11.3 Å². The summed E-state index contributed by atoms with van der Waals surface area (Å²) in [4.78, 5) is 17.2. The molecule has 0 saturated carbocycles. The highest BCUT2D eigenvalue weighted by Gasteiger charge is 2.30. The van der Waals surface area contributed by atoms with E-state index in [2.05, 4.69) is 10.3 Å². The van der Waals surface area contributed by atoms with Crippen LogP contribution in [0, 0.1) is 5.82 Å². The van der Waals surface area contributed by atoms with Crippen LogP contribution in [-0.2, 0) is 16.0 Å². The Morgan fingerprint density at radius 1 is 1.43 bits per heavy atom. The number of benzene rings is 1. The molecule has 0 aliphatic carbocycles. The molecule has 0 radical (unpaired) electrons. The summed E-state index contributed by atoms with van der Waals surface area (Å²) in [7, 11) is 0. The number of anilines is 1. The number of carbonyl (C=O) groups is 1. The third-order valence-electron chi connectivity index (χ3n) is 3.77. The van der Waals surface area contributed by atoms with E-state index >= 15 is 0 Å². The van der Waals surface area contributed by atoms with Gasteiger partial charge < -0.3 is 10.5 Å². The number of thiazole rings is 1. The number of nitrogens with one attached hydrogen (secondary N) is 1. The fourth-order valence-electron chi connectivity index (χ4n) is 2.53. The molecule has 1 aliphatic rings. The Morgan fingerprint density at radius 3 is 3.00 bits per heavy atom. The van der Waals surface area contributed by atoms with Crippen molar-refractivity contribution in [3.63, 3.8) is 0 Å². The van der Waals surface area contributed by atoms with Gasteiger partial charge in [-0.05, 0) is 24.5 Å². The predicted molar refractivity (Wildman–Crippen MR) is 86.9 cm³/mol. The molecule has 122 valence electrons. The Morgan fingerprint density at radius 2 is 2.26 bits per heavy atom. The molecule has 1 aromatic carbocycles. The van der Waals surface area contributed by atoms with Gasteiger partial charge in [0.2, 0.25) is 0 Å². The second-order valence-electron chi connectivity index (χ2n) is 5.45. The van der Waals surface area contributed by atoms with Crippen LogP contribution in [-0.4, -0.2) is 29.6 Å². The van der Waals surface area contributed by atoms with E-state index in [1.807, 2.05) is 0 Å². The molecule has 1 saturated heterocycles. The minimum absolute atomic E-state index is 0.0429. The van der Waals surface area contributed by atoms with Gasteiger partial charge in [-0.1, -0.05) is 18.2 Å². The van der Waals surface area contributed by atoms with Crippen molar-refractivity contribution < 1.29 is 13.9 Å². The van der Waals surface area contributed by atoms with Crippen LogP contribution in [0.4, 0.5) is 9.52 Å². The molecule has 0 bridgehead atoms. The maximum atomic E-state index is 13.7. The van der Waals surface area contributed by atoms with E-state index in [-0.39, 0.29) is 17.8 Å². The number of amides is 1. The van der Waals surface area contributed by atoms with Crippen molar-refractivity contribution in [1.29, 1.82) is 0 Å². The number of hydrogen-bond acceptors (Lipinski definition) is 5. The number of nitrogens with two attached hydrogens (primary N) is 1. The zero-order valence-electron chi connectivity index (χ0n) is 12.5. The molecule has 2 aromatic rings. The van der Waals surface area contributed by atoms with Gasteiger partial charge in [0.1, 0.15) is 11.9 Å². The smallest absolute Gasteiger partial charge is 0.255 e. The van der Waals surface area contributed by atoms with Gasteiger partial charge in [0, 0.05) is 24.0 Å². The van der Waals surface area contributed by atoms with E-state index in [0.717, 1.165) is 11.3 Å². The lowest BCUT2D eigenvalue weighted by atomic mass is 10.1. The van der Waals surface area contributed by atoms with Crippen molar-refractivity contribution in [3.8, 4) is 0 Å². The Labute approximate surface area is 137 Å². The molecule has 2 heterocycles. The van der Waals surface area contributed by atoms with Gasteiger partial charge in [-0.25, -0.2) is 9.37 Å². The van der Waals surface area contributed by atoms with E-state index in [9.17, 15) is 9.18 Å². The highest BCUT2D eigenvalue weighted by molar-refractivity contribution is 7.15. The van der Waals surface area contributed by atoms with Gasteiger partial charge in [-0.3, -0.25) is 10.1 Å². The molecule has 2 atom stereocenters. The van der Waals surface area contributed by atoms with Crippen molar-refractivity contribution in [2.45, 2.75) is 31.5 Å². The molecule has 5 nitrogen and oxygen atoms in total. The maximum absolute atomic E-state index is 13.7. The lowest BCUT2D eigenvalue weighted by Crippen LogP contribution is -2.29. The predicted octanol–water partition coefficient (Wildman–Crippen LogP) is 2.32. The lowest BCUT2D eigenvalue weighted by Gasteiger charge is -2.11. The van der Waals surface area contributed by atoms with Crippen LogP contribution in [0.3, 0.4) is 0 Å². The first-order valence-electron chi connectivity index (χ1n) is 7.50. The number of nitrogens with zero attached hydrogens (tertiary/aromatic N) is 1. The van der Waals surface area contributed by atoms with E-state index in [1.54, 1.807) is 24.4 Å². The molecule has 0 unspecified atom stereocenters. The molecule has 0 spiro atoms. The second kappa shape index (κ2) is 7.16. The number of rotatable bonds is 5. The van der Waals surface area contributed by atoms with Crippen molar-refractivity contribution in [2.24, 2.45) is 5.73 Å². The number of carbonyl (C=O) groups excluding carboxylic acids is 1. The number of hydrogen-bond donors (Lipinski definition) is 2. The molecule has 1 aromatic heterocycles. The monoisotopic (exact) mass is 335 g/mol. The van der Waals surface area contributed by atoms with E-state index in [0.29, 0.717) is 30.1 Å². The Balaban J connectivity index is 1.59. The molecular weight excluding hydrogens is 317 g/mol. The van der Waals surface area contributed by atoms with Crippen LogP contribution >= 0.6 is 11.3 Å². The van der Waals surface area contributed by atoms with Crippen LogP contribution in [0.1, 0.15) is 23.3 Å². The summed E-state index contributed by atoms with van der Waals surface area (Å²) in [5.74, 6) is -0.439. The quantitative estimate of drug-likeness (QED) is 0.879. The van der Waals surface area contributed by atoms with Gasteiger partial charge in [-0.2, -0.15) is 0 Å². The van der Waals surface area contributed by atoms with Crippen molar-refractivity contribution in [2.75, 3.05) is 11.9 Å². The first-order chi connectivity index (χ1) is 11.2. The Kier molecular flexibility index (Phi) is 5.00. The van der Waals surface area contributed by atoms with Crippen LogP contribution in [0.15, 0.2) is 30.5 Å². The highest BCUT2D eigenvalue weighted by atomic mass is 32.1. The largest absolute Gasteiger partial charge is 0.364 e. The standard InChI is InChI=1S/C16H18FN3O2S/c17-13-4-2-1-3-10(13)7-12-9-19-16(23-12)20-15(21)14-6-5-11(8-18)22-14/h1-4,9,11,14H,5-8,18H2,(H,19,20,21)/t11-,14+/m1/s1. The zero-order valence-corrected chi connectivity index (χ0v) is 13.3. The van der Waals surface area contributed by atoms with Crippen molar-refractivity contribution in [1.82, 2.24) is 4.98 Å². The van der Waals surface area contributed by atoms with Crippen LogP contribution in [0.2, 0.25) is 0 Å². The third kappa shape index (κ3) is 3.93.